The van der Waals surface area contributed by atoms with E-state index in [1.165, 1.54) is 62.9 Å². The van der Waals surface area contributed by atoms with Gasteiger partial charge in [0.1, 0.15) is 8.07 Å². The molecule has 7 heteroatoms. The zero-order chi connectivity index (χ0) is 35.7. The molecule has 0 bridgehead atoms. The van der Waals surface area contributed by atoms with E-state index in [1.54, 1.807) is 16.3 Å². The molecule has 0 N–H and O–H groups in total. The lowest BCUT2D eigenvalue weighted by molar-refractivity contribution is 1.45. The van der Waals surface area contributed by atoms with Crippen molar-refractivity contribution in [3.8, 4) is 11.5 Å². The molecule has 0 unspecified atom stereocenters. The summed E-state index contributed by atoms with van der Waals surface area (Å²) in [6, 6.07) is 47.0. The van der Waals surface area contributed by atoms with E-state index >= 15 is 0 Å². The normalized spacial score (nSPS) is 11.3. The van der Waals surface area contributed by atoms with Crippen LogP contribution >= 0.6 is 56.5 Å². The lowest BCUT2D eigenvalue weighted by Gasteiger charge is -2.16. The first kappa shape index (κ1) is 38.4. The SMILES string of the molecule is CSc1cc2ccccc2cc1C#C[Si](C)(C)C.C[Si](C)(C)c1sc2cc3ccccc3cc2c1Sc1ccccc1.ClSc1ccccc1. The van der Waals surface area contributed by atoms with Crippen LogP contribution in [0, 0.1) is 11.5 Å². The van der Waals surface area contributed by atoms with Crippen LogP contribution in [0.25, 0.3) is 31.6 Å². The zero-order valence-corrected chi connectivity index (χ0v) is 35.7. The summed E-state index contributed by atoms with van der Waals surface area (Å²) in [5.74, 6) is 3.39. The second kappa shape index (κ2) is 17.6. The maximum Gasteiger partial charge on any atom is 0.129 e. The van der Waals surface area contributed by atoms with E-state index in [2.05, 4.69) is 160 Å². The zero-order valence-electron chi connectivity index (χ0n) is 29.7. The van der Waals surface area contributed by atoms with E-state index < -0.39 is 16.1 Å². The summed E-state index contributed by atoms with van der Waals surface area (Å²) in [6.45, 7) is 14.2. The van der Waals surface area contributed by atoms with Crippen LogP contribution in [-0.4, -0.2) is 22.4 Å². The minimum Gasteiger partial charge on any atom is -0.144 e. The van der Waals surface area contributed by atoms with Gasteiger partial charge in [0.2, 0.25) is 0 Å². The molecule has 0 saturated carbocycles. The molecule has 0 amide bonds. The van der Waals surface area contributed by atoms with Crippen molar-refractivity contribution in [2.45, 2.75) is 58.9 Å². The number of fused-ring (bicyclic) bond motifs is 3. The summed E-state index contributed by atoms with van der Waals surface area (Å²) < 4.78 is 3.03. The van der Waals surface area contributed by atoms with Crippen LogP contribution in [0.3, 0.4) is 0 Å². The van der Waals surface area contributed by atoms with Crippen molar-refractivity contribution in [3.05, 3.63) is 139 Å². The molecule has 0 spiro atoms. The number of rotatable bonds is 5. The van der Waals surface area contributed by atoms with Gasteiger partial charge in [-0.05, 0) is 98.0 Å². The third-order valence-corrected chi connectivity index (χ3v) is 16.4. The Morgan fingerprint density at radius 3 is 1.60 bits per heavy atom. The molecule has 0 radical (unpaired) electrons. The van der Waals surface area contributed by atoms with Gasteiger partial charge in [-0.1, -0.05) is 142 Å². The van der Waals surface area contributed by atoms with Crippen molar-refractivity contribution in [2.75, 3.05) is 6.26 Å². The standard InChI is InChI=1S/C21H20S2Si.C16H18SSi.C6H5ClS/c1-24(2,3)21-20(22-17-11-5-4-6-12-17)18-13-15-9-7-8-10-16(15)14-19(18)23-21;1-17-16-12-14-8-6-5-7-13(14)11-15(16)9-10-18(2,3)4;7-8-6-4-2-1-3-5-6/h4-14H,1-3H3;5-8,11-12H,1-4H3;1-5H. The molecular formula is C43H43ClS4Si2. The topological polar surface area (TPSA) is 0 Å². The highest BCUT2D eigenvalue weighted by molar-refractivity contribution is 8.21. The molecule has 0 aliphatic rings. The maximum atomic E-state index is 5.44. The Bertz CT molecular complexity index is 2240. The Hall–Kier alpha value is -2.87. The predicted molar refractivity (Wildman–Crippen MR) is 237 cm³/mol. The summed E-state index contributed by atoms with van der Waals surface area (Å²) in [4.78, 5) is 5.17. The highest BCUT2D eigenvalue weighted by atomic mass is 35.7. The van der Waals surface area contributed by atoms with Crippen LogP contribution in [0.1, 0.15) is 5.56 Å². The molecule has 7 rings (SSSR count). The number of hydrogen-bond acceptors (Lipinski definition) is 4. The molecule has 0 saturated heterocycles. The smallest absolute Gasteiger partial charge is 0.129 e. The van der Waals surface area contributed by atoms with Crippen molar-refractivity contribution in [1.82, 2.24) is 0 Å². The van der Waals surface area contributed by atoms with Crippen LogP contribution in [0.5, 0.6) is 0 Å². The fourth-order valence-corrected chi connectivity index (χ4v) is 12.4. The molecule has 1 heterocycles. The van der Waals surface area contributed by atoms with E-state index in [9.17, 15) is 0 Å². The van der Waals surface area contributed by atoms with Crippen molar-refractivity contribution >= 4 is 109 Å². The van der Waals surface area contributed by atoms with Gasteiger partial charge in [0.25, 0.3) is 0 Å². The van der Waals surface area contributed by atoms with Crippen molar-refractivity contribution in [3.63, 3.8) is 0 Å². The quantitative estimate of drug-likeness (QED) is 0.0970. The fourth-order valence-electron chi connectivity index (χ4n) is 5.17. The first-order valence-corrected chi connectivity index (χ1v) is 28.1. The molecule has 7 aromatic rings. The number of hydrogen-bond donors (Lipinski definition) is 0. The average Bonchev–Trinajstić information content (AvgIpc) is 3.47. The highest BCUT2D eigenvalue weighted by Gasteiger charge is 2.25. The van der Waals surface area contributed by atoms with E-state index in [0.717, 1.165) is 4.90 Å². The molecule has 50 heavy (non-hydrogen) atoms. The van der Waals surface area contributed by atoms with E-state index in [-0.39, 0.29) is 0 Å². The first-order valence-electron chi connectivity index (χ1n) is 16.6. The Labute approximate surface area is 322 Å². The molecule has 0 aliphatic heterocycles. The van der Waals surface area contributed by atoms with Gasteiger partial charge < -0.3 is 0 Å². The molecule has 0 atom stereocenters. The first-order chi connectivity index (χ1) is 23.9. The Morgan fingerprint density at radius 1 is 0.600 bits per heavy atom. The summed E-state index contributed by atoms with van der Waals surface area (Å²) in [5.41, 5.74) is 4.62. The van der Waals surface area contributed by atoms with E-state index in [0.29, 0.717) is 0 Å². The monoisotopic (exact) mass is 778 g/mol. The predicted octanol–water partition coefficient (Wildman–Crippen LogP) is 14.5. The van der Waals surface area contributed by atoms with Crippen LogP contribution in [0.4, 0.5) is 0 Å². The Morgan fingerprint density at radius 2 is 1.10 bits per heavy atom. The van der Waals surface area contributed by atoms with Crippen molar-refractivity contribution in [1.29, 1.82) is 0 Å². The van der Waals surface area contributed by atoms with E-state index in [1.807, 2.05) is 53.4 Å². The van der Waals surface area contributed by atoms with Crippen molar-refractivity contribution in [2.24, 2.45) is 0 Å². The third kappa shape index (κ3) is 10.6. The van der Waals surface area contributed by atoms with Crippen LogP contribution in [0.15, 0.2) is 153 Å². The molecule has 0 nitrogen and oxygen atoms in total. The average molecular weight is 780 g/mol. The minimum atomic E-state index is -1.39. The highest BCUT2D eigenvalue weighted by Crippen LogP contribution is 2.39. The van der Waals surface area contributed by atoms with Crippen LogP contribution in [-0.2, 0) is 0 Å². The second-order valence-corrected chi connectivity index (χ2v) is 28.1. The van der Waals surface area contributed by atoms with Crippen LogP contribution < -0.4 is 4.50 Å². The van der Waals surface area contributed by atoms with Crippen LogP contribution in [0.2, 0.25) is 39.3 Å². The van der Waals surface area contributed by atoms with Gasteiger partial charge in [-0.2, -0.15) is 0 Å². The largest absolute Gasteiger partial charge is 0.144 e. The Kier molecular flexibility index (Phi) is 13.5. The summed E-state index contributed by atoms with van der Waals surface area (Å²) in [5, 5.41) is 6.66. The fraction of sp³-hybridized carbons (Fsp3) is 0.163. The number of halogens is 1. The number of thiophene rings is 1. The summed E-state index contributed by atoms with van der Waals surface area (Å²) in [6.07, 6.45) is 2.11. The van der Waals surface area contributed by atoms with Gasteiger partial charge in [0, 0.05) is 39.7 Å². The van der Waals surface area contributed by atoms with Crippen molar-refractivity contribution < 1.29 is 0 Å². The third-order valence-electron chi connectivity index (χ3n) is 7.63. The molecule has 0 fully saturated rings. The van der Waals surface area contributed by atoms with Gasteiger partial charge in [0.05, 0.1) is 8.07 Å². The second-order valence-electron chi connectivity index (χ2n) is 13.9. The summed E-state index contributed by atoms with van der Waals surface area (Å²) in [7, 11) is 3.98. The summed E-state index contributed by atoms with van der Waals surface area (Å²) >= 11 is 5.71. The van der Waals surface area contributed by atoms with Gasteiger partial charge in [0.15, 0.2) is 0 Å². The molecule has 0 aliphatic carbocycles. The van der Waals surface area contributed by atoms with Gasteiger partial charge in [-0.3, -0.25) is 0 Å². The molecule has 1 aromatic heterocycles. The maximum absolute atomic E-state index is 5.44. The van der Waals surface area contributed by atoms with Gasteiger partial charge >= 0.3 is 0 Å². The number of thioether (sulfide) groups is 1. The molecular weight excluding hydrogens is 736 g/mol. The lowest BCUT2D eigenvalue weighted by atomic mass is 10.1. The Balaban J connectivity index is 0.000000164. The minimum absolute atomic E-state index is 1.09. The molecule has 254 valence electrons. The number of benzene rings is 6. The van der Waals surface area contributed by atoms with Gasteiger partial charge in [-0.25, -0.2) is 0 Å². The van der Waals surface area contributed by atoms with E-state index in [4.69, 9.17) is 10.7 Å². The molecule has 6 aromatic carbocycles. The van der Waals surface area contributed by atoms with Gasteiger partial charge in [-0.15, -0.1) is 28.6 Å². The lowest BCUT2D eigenvalue weighted by Crippen LogP contribution is -2.36.